The van der Waals surface area contributed by atoms with Gasteiger partial charge in [0.2, 0.25) is 0 Å². The van der Waals surface area contributed by atoms with Crippen molar-refractivity contribution in [3.05, 3.63) is 35.9 Å². The van der Waals surface area contributed by atoms with E-state index in [4.69, 9.17) is 10.00 Å². The zero-order chi connectivity index (χ0) is 10.2. The van der Waals surface area contributed by atoms with Gasteiger partial charge in [-0.25, -0.2) is 0 Å². The van der Waals surface area contributed by atoms with E-state index in [0.717, 1.165) is 6.42 Å². The van der Waals surface area contributed by atoms with Gasteiger partial charge >= 0.3 is 0 Å². The maximum atomic E-state index is 8.34. The highest BCUT2D eigenvalue weighted by Gasteiger charge is 2.02. The Morgan fingerprint density at radius 1 is 1.36 bits per heavy atom. The molecule has 2 heteroatoms. The molecular formula is C12H15NO. The summed E-state index contributed by atoms with van der Waals surface area (Å²) in [5.74, 6) is 0. The van der Waals surface area contributed by atoms with E-state index in [9.17, 15) is 0 Å². The Labute approximate surface area is 85.1 Å². The summed E-state index contributed by atoms with van der Waals surface area (Å²) < 4.78 is 5.46. The van der Waals surface area contributed by atoms with Gasteiger partial charge in [-0.15, -0.1) is 0 Å². The maximum Gasteiger partial charge on any atom is 0.0645 e. The third-order valence-electron chi connectivity index (χ3n) is 1.98. The molecule has 0 aliphatic rings. The van der Waals surface area contributed by atoms with E-state index < -0.39 is 0 Å². The summed E-state index contributed by atoms with van der Waals surface area (Å²) in [6, 6.07) is 12.3. The van der Waals surface area contributed by atoms with E-state index in [2.05, 4.69) is 18.2 Å². The molecule has 1 atom stereocenters. The highest BCUT2D eigenvalue weighted by atomic mass is 16.5. The van der Waals surface area contributed by atoms with E-state index in [1.807, 2.05) is 25.1 Å². The molecule has 0 N–H and O–H groups in total. The summed E-state index contributed by atoms with van der Waals surface area (Å²) in [6.45, 7) is 2.56. The summed E-state index contributed by atoms with van der Waals surface area (Å²) in [5.41, 5.74) is 1.27. The molecule has 74 valence electrons. The first kappa shape index (κ1) is 10.7. The van der Waals surface area contributed by atoms with Gasteiger partial charge in [0, 0.05) is 0 Å². The highest BCUT2D eigenvalue weighted by molar-refractivity contribution is 5.15. The number of hydrogen-bond acceptors (Lipinski definition) is 2. The van der Waals surface area contributed by atoms with Crippen LogP contribution in [0.5, 0.6) is 0 Å². The fraction of sp³-hybridized carbons (Fsp3) is 0.417. The van der Waals surface area contributed by atoms with Crippen molar-refractivity contribution in [3.8, 4) is 6.07 Å². The average molecular weight is 189 g/mol. The number of nitriles is 1. The monoisotopic (exact) mass is 189 g/mol. The minimum Gasteiger partial charge on any atom is -0.377 e. The Bertz CT molecular complexity index is 289. The minimum absolute atomic E-state index is 0.186. The van der Waals surface area contributed by atoms with Gasteiger partial charge in [0.05, 0.1) is 25.2 Å². The van der Waals surface area contributed by atoms with E-state index in [1.165, 1.54) is 5.56 Å². The van der Waals surface area contributed by atoms with Crippen molar-refractivity contribution in [1.82, 2.24) is 0 Å². The summed E-state index contributed by atoms with van der Waals surface area (Å²) in [5, 5.41) is 8.34. The lowest BCUT2D eigenvalue weighted by atomic mass is 10.1. The van der Waals surface area contributed by atoms with Crippen molar-refractivity contribution >= 4 is 0 Å². The second-order valence-corrected chi connectivity index (χ2v) is 3.28. The molecular weight excluding hydrogens is 174 g/mol. The minimum atomic E-state index is 0.186. The van der Waals surface area contributed by atoms with Gasteiger partial charge in [-0.2, -0.15) is 5.26 Å². The molecule has 1 rings (SSSR count). The quantitative estimate of drug-likeness (QED) is 0.667. The molecule has 0 aliphatic heterocycles. The molecule has 0 bridgehead atoms. The van der Waals surface area contributed by atoms with Crippen LogP contribution >= 0.6 is 0 Å². The molecule has 0 aliphatic carbocycles. The first-order valence-corrected chi connectivity index (χ1v) is 4.85. The molecule has 1 aromatic rings. The molecule has 0 amide bonds. The molecule has 0 saturated heterocycles. The van der Waals surface area contributed by atoms with Gasteiger partial charge in [0.15, 0.2) is 0 Å². The van der Waals surface area contributed by atoms with Crippen molar-refractivity contribution in [2.75, 3.05) is 6.61 Å². The number of hydrogen-bond donors (Lipinski definition) is 0. The van der Waals surface area contributed by atoms with Crippen LogP contribution in [0.1, 0.15) is 18.9 Å². The van der Waals surface area contributed by atoms with Crippen molar-refractivity contribution in [2.45, 2.75) is 25.9 Å². The predicted octanol–water partition coefficient (Wildman–Crippen LogP) is 2.55. The third kappa shape index (κ3) is 4.06. The van der Waals surface area contributed by atoms with Crippen LogP contribution in [0.2, 0.25) is 0 Å². The van der Waals surface area contributed by atoms with Crippen LogP contribution in [-0.2, 0) is 11.2 Å². The Morgan fingerprint density at radius 2 is 2.07 bits per heavy atom. The second-order valence-electron chi connectivity index (χ2n) is 3.28. The molecule has 0 saturated carbocycles. The predicted molar refractivity (Wildman–Crippen MR) is 55.8 cm³/mol. The summed E-state index contributed by atoms with van der Waals surface area (Å²) >= 11 is 0. The van der Waals surface area contributed by atoms with Crippen molar-refractivity contribution in [2.24, 2.45) is 0 Å². The third-order valence-corrected chi connectivity index (χ3v) is 1.98. The Balaban J connectivity index is 2.28. The van der Waals surface area contributed by atoms with Crippen molar-refractivity contribution < 1.29 is 4.74 Å². The molecule has 0 heterocycles. The zero-order valence-corrected chi connectivity index (χ0v) is 8.44. The Morgan fingerprint density at radius 3 is 2.71 bits per heavy atom. The van der Waals surface area contributed by atoms with E-state index in [1.54, 1.807) is 0 Å². The summed E-state index contributed by atoms with van der Waals surface area (Å²) in [7, 11) is 0. The second kappa shape index (κ2) is 6.17. The molecule has 0 spiro atoms. The van der Waals surface area contributed by atoms with E-state index >= 15 is 0 Å². The van der Waals surface area contributed by atoms with Crippen LogP contribution in [0, 0.1) is 11.3 Å². The molecule has 0 radical (unpaired) electrons. The van der Waals surface area contributed by atoms with E-state index in [0.29, 0.717) is 13.0 Å². The number of ether oxygens (including phenoxy) is 1. The molecule has 1 aromatic carbocycles. The van der Waals surface area contributed by atoms with Crippen molar-refractivity contribution in [3.63, 3.8) is 0 Å². The smallest absolute Gasteiger partial charge is 0.0645 e. The fourth-order valence-electron chi connectivity index (χ4n) is 1.31. The first-order valence-electron chi connectivity index (χ1n) is 4.85. The van der Waals surface area contributed by atoms with Gasteiger partial charge in [-0.1, -0.05) is 30.3 Å². The van der Waals surface area contributed by atoms with Crippen molar-refractivity contribution in [1.29, 1.82) is 5.26 Å². The Hall–Kier alpha value is -1.33. The van der Waals surface area contributed by atoms with Crippen LogP contribution in [0.15, 0.2) is 30.3 Å². The lowest BCUT2D eigenvalue weighted by molar-refractivity contribution is 0.0706. The summed E-state index contributed by atoms with van der Waals surface area (Å²) in [4.78, 5) is 0. The average Bonchev–Trinajstić information content (AvgIpc) is 2.20. The molecule has 1 unspecified atom stereocenters. The largest absolute Gasteiger partial charge is 0.377 e. The normalized spacial score (nSPS) is 12.0. The molecule has 0 fully saturated rings. The lowest BCUT2D eigenvalue weighted by Crippen LogP contribution is -2.12. The van der Waals surface area contributed by atoms with Gasteiger partial charge < -0.3 is 4.74 Å². The summed E-state index contributed by atoms with van der Waals surface area (Å²) in [6.07, 6.45) is 1.57. The number of nitrogens with zero attached hydrogens (tertiary/aromatic N) is 1. The van der Waals surface area contributed by atoms with Crippen LogP contribution < -0.4 is 0 Å². The Kier molecular flexibility index (Phi) is 4.74. The highest BCUT2D eigenvalue weighted by Crippen LogP contribution is 2.05. The van der Waals surface area contributed by atoms with Gasteiger partial charge in [0.1, 0.15) is 0 Å². The standard InChI is InChI=1S/C12H15NO/c1-11(14-9-5-8-13)10-12-6-3-2-4-7-12/h2-4,6-7,11H,5,9-10H2,1H3. The first-order chi connectivity index (χ1) is 6.83. The van der Waals surface area contributed by atoms with Crippen LogP contribution in [0.25, 0.3) is 0 Å². The fourth-order valence-corrected chi connectivity index (χ4v) is 1.31. The topological polar surface area (TPSA) is 33.0 Å². The molecule has 2 nitrogen and oxygen atoms in total. The van der Waals surface area contributed by atoms with E-state index in [-0.39, 0.29) is 6.10 Å². The lowest BCUT2D eigenvalue weighted by Gasteiger charge is -2.11. The SMILES string of the molecule is CC(Cc1ccccc1)OCCC#N. The zero-order valence-electron chi connectivity index (χ0n) is 8.44. The van der Waals surface area contributed by atoms with Gasteiger partial charge in [0.25, 0.3) is 0 Å². The molecule has 0 aromatic heterocycles. The van der Waals surface area contributed by atoms with Gasteiger partial charge in [-0.05, 0) is 18.9 Å². The van der Waals surface area contributed by atoms with Crippen LogP contribution in [0.3, 0.4) is 0 Å². The van der Waals surface area contributed by atoms with Crippen LogP contribution in [-0.4, -0.2) is 12.7 Å². The maximum absolute atomic E-state index is 8.34. The number of rotatable bonds is 5. The number of benzene rings is 1. The van der Waals surface area contributed by atoms with Gasteiger partial charge in [-0.3, -0.25) is 0 Å². The van der Waals surface area contributed by atoms with Crippen LogP contribution in [0.4, 0.5) is 0 Å². The molecule has 14 heavy (non-hydrogen) atoms.